The Morgan fingerprint density at radius 1 is 1.04 bits per heavy atom. The first-order valence-electron chi connectivity index (χ1n) is 8.89. The number of rotatable bonds is 7. The molecule has 0 spiro atoms. The number of aryl methyl sites for hydroxylation is 1. The minimum absolute atomic E-state index is 0.0412. The van der Waals surface area contributed by atoms with Crippen molar-refractivity contribution in [1.29, 1.82) is 0 Å². The molecule has 0 saturated carbocycles. The predicted molar refractivity (Wildman–Crippen MR) is 107 cm³/mol. The van der Waals surface area contributed by atoms with Crippen molar-refractivity contribution in [2.75, 3.05) is 18.4 Å². The van der Waals surface area contributed by atoms with Crippen LogP contribution in [0.5, 0.6) is 0 Å². The van der Waals surface area contributed by atoms with Crippen LogP contribution in [0.25, 0.3) is 5.57 Å². The van der Waals surface area contributed by atoms with E-state index >= 15 is 0 Å². The quantitative estimate of drug-likeness (QED) is 0.758. The minimum Gasteiger partial charge on any atom is -0.330 e. The van der Waals surface area contributed by atoms with Crippen molar-refractivity contribution in [3.8, 4) is 0 Å². The summed E-state index contributed by atoms with van der Waals surface area (Å²) in [5.41, 5.74) is 3.66. The van der Waals surface area contributed by atoms with Crippen LogP contribution in [-0.2, 0) is 9.59 Å². The Morgan fingerprint density at radius 2 is 1.69 bits per heavy atom. The minimum atomic E-state index is -0.188. The Kier molecular flexibility index (Phi) is 7.15. The van der Waals surface area contributed by atoms with Crippen LogP contribution < -0.4 is 5.32 Å². The molecule has 4 nitrogen and oxygen atoms in total. The standard InChI is InChI=1S/C22H26N2O2/c1-4-14-24(16-21(25)23-20-13-9-8-10-17(20)2)22(26)15-18(3)19-11-6-5-7-12-19/h5-13,15H,4,14,16H2,1-3H3,(H,23,25)/b18-15+. The monoisotopic (exact) mass is 350 g/mol. The third-order valence-electron chi connectivity index (χ3n) is 4.13. The van der Waals surface area contributed by atoms with Crippen LogP contribution >= 0.6 is 0 Å². The number of allylic oxidation sites excluding steroid dienone is 1. The van der Waals surface area contributed by atoms with Crippen molar-refractivity contribution < 1.29 is 9.59 Å². The molecule has 4 heteroatoms. The SMILES string of the molecule is CCCN(CC(=O)Nc1ccccc1C)C(=O)/C=C(\C)c1ccccc1. The molecule has 0 radical (unpaired) electrons. The van der Waals surface area contributed by atoms with Gasteiger partial charge in [0.25, 0.3) is 0 Å². The maximum absolute atomic E-state index is 12.6. The highest BCUT2D eigenvalue weighted by atomic mass is 16.2. The van der Waals surface area contributed by atoms with Crippen LogP contribution in [0.15, 0.2) is 60.7 Å². The molecule has 0 aliphatic carbocycles. The second-order valence-corrected chi connectivity index (χ2v) is 6.32. The highest BCUT2D eigenvalue weighted by Crippen LogP contribution is 2.15. The summed E-state index contributed by atoms with van der Waals surface area (Å²) in [7, 11) is 0. The average molecular weight is 350 g/mol. The Hall–Kier alpha value is -2.88. The molecule has 0 aromatic heterocycles. The molecule has 0 heterocycles. The van der Waals surface area contributed by atoms with Gasteiger partial charge in [-0.1, -0.05) is 55.5 Å². The number of carbonyl (C=O) groups excluding carboxylic acids is 2. The Balaban J connectivity index is 2.06. The van der Waals surface area contributed by atoms with E-state index in [-0.39, 0.29) is 18.4 Å². The Morgan fingerprint density at radius 3 is 2.35 bits per heavy atom. The molecule has 2 rings (SSSR count). The van der Waals surface area contributed by atoms with Crippen LogP contribution in [0.2, 0.25) is 0 Å². The normalized spacial score (nSPS) is 11.1. The summed E-state index contributed by atoms with van der Waals surface area (Å²) < 4.78 is 0. The number of para-hydroxylation sites is 1. The van der Waals surface area contributed by atoms with Gasteiger partial charge in [-0.15, -0.1) is 0 Å². The van der Waals surface area contributed by atoms with Gasteiger partial charge in [0, 0.05) is 18.3 Å². The van der Waals surface area contributed by atoms with E-state index < -0.39 is 0 Å². The fraction of sp³-hybridized carbons (Fsp3) is 0.273. The second-order valence-electron chi connectivity index (χ2n) is 6.32. The first kappa shape index (κ1) is 19.4. The molecule has 0 aliphatic heterocycles. The van der Waals surface area contributed by atoms with E-state index in [9.17, 15) is 9.59 Å². The zero-order valence-corrected chi connectivity index (χ0v) is 15.7. The number of hydrogen-bond acceptors (Lipinski definition) is 2. The zero-order chi connectivity index (χ0) is 18.9. The van der Waals surface area contributed by atoms with Crippen molar-refractivity contribution >= 4 is 23.1 Å². The number of carbonyl (C=O) groups is 2. The lowest BCUT2D eigenvalue weighted by Gasteiger charge is -2.21. The van der Waals surface area contributed by atoms with Crippen LogP contribution in [0.3, 0.4) is 0 Å². The van der Waals surface area contributed by atoms with Gasteiger partial charge in [-0.25, -0.2) is 0 Å². The maximum Gasteiger partial charge on any atom is 0.247 e. The summed E-state index contributed by atoms with van der Waals surface area (Å²) in [5.74, 6) is -0.333. The lowest BCUT2D eigenvalue weighted by atomic mass is 10.1. The van der Waals surface area contributed by atoms with E-state index in [4.69, 9.17) is 0 Å². The van der Waals surface area contributed by atoms with Gasteiger partial charge in [0.1, 0.15) is 6.54 Å². The molecule has 26 heavy (non-hydrogen) atoms. The van der Waals surface area contributed by atoms with Crippen LogP contribution in [-0.4, -0.2) is 29.8 Å². The van der Waals surface area contributed by atoms with E-state index in [1.165, 1.54) is 0 Å². The molecule has 2 amide bonds. The van der Waals surface area contributed by atoms with Crippen LogP contribution in [0.4, 0.5) is 5.69 Å². The van der Waals surface area contributed by atoms with E-state index in [0.717, 1.165) is 28.8 Å². The molecule has 0 aliphatic rings. The highest BCUT2D eigenvalue weighted by molar-refractivity contribution is 5.99. The topological polar surface area (TPSA) is 49.4 Å². The third-order valence-corrected chi connectivity index (χ3v) is 4.13. The number of nitrogens with zero attached hydrogens (tertiary/aromatic N) is 1. The molecule has 0 atom stereocenters. The smallest absolute Gasteiger partial charge is 0.247 e. The van der Waals surface area contributed by atoms with Crippen molar-refractivity contribution in [2.45, 2.75) is 27.2 Å². The lowest BCUT2D eigenvalue weighted by Crippen LogP contribution is -2.37. The van der Waals surface area contributed by atoms with Gasteiger partial charge in [0.15, 0.2) is 0 Å². The van der Waals surface area contributed by atoms with Gasteiger partial charge < -0.3 is 10.2 Å². The number of amides is 2. The third kappa shape index (κ3) is 5.59. The average Bonchev–Trinajstić information content (AvgIpc) is 2.64. The molecular formula is C22H26N2O2. The van der Waals surface area contributed by atoms with Crippen molar-refractivity contribution in [3.63, 3.8) is 0 Å². The molecule has 136 valence electrons. The second kappa shape index (κ2) is 9.56. The summed E-state index contributed by atoms with van der Waals surface area (Å²) in [6.07, 6.45) is 2.40. The van der Waals surface area contributed by atoms with Crippen LogP contribution in [0.1, 0.15) is 31.4 Å². The molecule has 2 aromatic carbocycles. The molecule has 0 bridgehead atoms. The van der Waals surface area contributed by atoms with Gasteiger partial charge in [0.05, 0.1) is 0 Å². The molecule has 0 fully saturated rings. The number of nitrogens with one attached hydrogen (secondary N) is 1. The van der Waals surface area contributed by atoms with Gasteiger partial charge in [-0.2, -0.15) is 0 Å². The van der Waals surface area contributed by atoms with E-state index in [0.29, 0.717) is 6.54 Å². The highest BCUT2D eigenvalue weighted by Gasteiger charge is 2.15. The molecule has 2 aromatic rings. The molecule has 0 unspecified atom stereocenters. The predicted octanol–water partition coefficient (Wildman–Crippen LogP) is 4.28. The Labute approximate surface area is 155 Å². The summed E-state index contributed by atoms with van der Waals surface area (Å²) in [5, 5.41) is 2.89. The van der Waals surface area contributed by atoms with Gasteiger partial charge in [0.2, 0.25) is 11.8 Å². The summed E-state index contributed by atoms with van der Waals surface area (Å²) in [4.78, 5) is 26.6. The maximum atomic E-state index is 12.6. The number of benzene rings is 2. The summed E-state index contributed by atoms with van der Waals surface area (Å²) in [6, 6.07) is 17.4. The van der Waals surface area contributed by atoms with Gasteiger partial charge >= 0.3 is 0 Å². The fourth-order valence-electron chi connectivity index (χ4n) is 2.67. The molecular weight excluding hydrogens is 324 g/mol. The van der Waals surface area contributed by atoms with Crippen molar-refractivity contribution in [1.82, 2.24) is 4.90 Å². The zero-order valence-electron chi connectivity index (χ0n) is 15.7. The summed E-state index contributed by atoms with van der Waals surface area (Å²) >= 11 is 0. The van der Waals surface area contributed by atoms with Gasteiger partial charge in [-0.3, -0.25) is 9.59 Å². The van der Waals surface area contributed by atoms with Crippen LogP contribution in [0, 0.1) is 6.92 Å². The fourth-order valence-corrected chi connectivity index (χ4v) is 2.67. The first-order valence-corrected chi connectivity index (χ1v) is 8.89. The lowest BCUT2D eigenvalue weighted by molar-refractivity contribution is -0.130. The largest absolute Gasteiger partial charge is 0.330 e. The van der Waals surface area contributed by atoms with Crippen molar-refractivity contribution in [3.05, 3.63) is 71.8 Å². The number of anilines is 1. The molecule has 1 N–H and O–H groups in total. The van der Waals surface area contributed by atoms with E-state index in [2.05, 4.69) is 5.32 Å². The first-order chi connectivity index (χ1) is 12.5. The van der Waals surface area contributed by atoms with Gasteiger partial charge in [-0.05, 0) is 43.0 Å². The Bertz CT molecular complexity index is 782. The van der Waals surface area contributed by atoms with Crippen molar-refractivity contribution in [2.24, 2.45) is 0 Å². The summed E-state index contributed by atoms with van der Waals surface area (Å²) in [6.45, 7) is 6.42. The van der Waals surface area contributed by atoms with E-state index in [1.54, 1.807) is 11.0 Å². The number of hydrogen-bond donors (Lipinski definition) is 1. The van der Waals surface area contributed by atoms with E-state index in [1.807, 2.05) is 75.4 Å². The molecule has 0 saturated heterocycles.